The molecule has 22 heavy (non-hydrogen) atoms. The Kier molecular flexibility index (Phi) is 4.15. The van der Waals surface area contributed by atoms with Gasteiger partial charge in [-0.05, 0) is 25.5 Å². The van der Waals surface area contributed by atoms with Gasteiger partial charge in [-0.1, -0.05) is 6.07 Å². The van der Waals surface area contributed by atoms with E-state index in [1.165, 1.54) is 0 Å². The van der Waals surface area contributed by atoms with Crippen LogP contribution in [0.15, 0.2) is 18.3 Å². The second-order valence-corrected chi connectivity index (χ2v) is 5.46. The second-order valence-electron chi connectivity index (χ2n) is 5.46. The third-order valence-corrected chi connectivity index (χ3v) is 3.65. The topological polar surface area (TPSA) is 84.0 Å². The van der Waals surface area contributed by atoms with Crippen LogP contribution in [0.2, 0.25) is 0 Å². The maximum Gasteiger partial charge on any atom is 0.227 e. The summed E-state index contributed by atoms with van der Waals surface area (Å²) in [5, 5.41) is 6.92. The first-order valence-electron chi connectivity index (χ1n) is 7.31. The number of ether oxygens (including phenoxy) is 1. The van der Waals surface area contributed by atoms with Crippen molar-refractivity contribution in [3.63, 3.8) is 0 Å². The van der Waals surface area contributed by atoms with Crippen molar-refractivity contribution in [2.75, 3.05) is 19.7 Å². The number of nitrogens with zero attached hydrogens (tertiary/aromatic N) is 4. The molecule has 0 aliphatic carbocycles. The lowest BCUT2D eigenvalue weighted by atomic mass is 10.1. The van der Waals surface area contributed by atoms with E-state index < -0.39 is 0 Å². The molecular weight excluding hydrogens is 282 g/mol. The van der Waals surface area contributed by atoms with Gasteiger partial charge in [-0.25, -0.2) is 4.98 Å². The van der Waals surface area contributed by atoms with Crippen molar-refractivity contribution in [2.45, 2.75) is 26.4 Å². The number of carbonyl (C=O) groups excluding carboxylic acids is 1. The lowest BCUT2D eigenvalue weighted by Crippen LogP contribution is -2.43. The van der Waals surface area contributed by atoms with Crippen LogP contribution in [-0.2, 0) is 16.0 Å². The molecule has 7 heteroatoms. The van der Waals surface area contributed by atoms with Crippen LogP contribution in [0.25, 0.3) is 0 Å². The van der Waals surface area contributed by atoms with E-state index >= 15 is 0 Å². The van der Waals surface area contributed by atoms with E-state index in [2.05, 4.69) is 20.2 Å². The number of nitrogens with one attached hydrogen (secondary N) is 1. The Morgan fingerprint density at radius 3 is 3.00 bits per heavy atom. The zero-order valence-electron chi connectivity index (χ0n) is 12.7. The first kappa shape index (κ1) is 14.6. The first-order valence-corrected chi connectivity index (χ1v) is 7.31. The Morgan fingerprint density at radius 2 is 2.32 bits per heavy atom. The molecular formula is C15H19N5O2. The average molecular weight is 301 g/mol. The molecule has 3 heterocycles. The molecule has 0 spiro atoms. The summed E-state index contributed by atoms with van der Waals surface area (Å²) < 4.78 is 5.67. The molecule has 2 aromatic rings. The van der Waals surface area contributed by atoms with Crippen molar-refractivity contribution in [2.24, 2.45) is 0 Å². The van der Waals surface area contributed by atoms with Crippen molar-refractivity contribution in [3.8, 4) is 0 Å². The predicted molar refractivity (Wildman–Crippen MR) is 79.1 cm³/mol. The maximum absolute atomic E-state index is 12.4. The van der Waals surface area contributed by atoms with Crippen molar-refractivity contribution in [1.29, 1.82) is 0 Å². The normalized spacial score (nSPS) is 18.5. The summed E-state index contributed by atoms with van der Waals surface area (Å²) in [6.45, 7) is 5.34. The summed E-state index contributed by atoms with van der Waals surface area (Å²) in [7, 11) is 0. The number of hydrogen-bond donors (Lipinski definition) is 1. The summed E-state index contributed by atoms with van der Waals surface area (Å²) in [6.07, 6.45) is 1.84. The zero-order chi connectivity index (χ0) is 15.5. The molecule has 2 aromatic heterocycles. The number of rotatable bonds is 3. The minimum absolute atomic E-state index is 0.0752. The molecule has 0 bridgehead atoms. The summed E-state index contributed by atoms with van der Waals surface area (Å²) in [5.41, 5.74) is 1.87. The van der Waals surface area contributed by atoms with Gasteiger partial charge in [-0.2, -0.15) is 5.10 Å². The van der Waals surface area contributed by atoms with Gasteiger partial charge in [-0.15, -0.1) is 0 Å². The molecule has 7 nitrogen and oxygen atoms in total. The number of hydrogen-bond acceptors (Lipinski definition) is 5. The number of carbonyl (C=O) groups is 1. The van der Waals surface area contributed by atoms with Gasteiger partial charge in [0.15, 0.2) is 5.82 Å². The number of aryl methyl sites for hydroxylation is 2. The summed E-state index contributed by atoms with van der Waals surface area (Å²) in [5.74, 6) is 1.42. The van der Waals surface area contributed by atoms with E-state index in [-0.39, 0.29) is 12.0 Å². The highest BCUT2D eigenvalue weighted by molar-refractivity contribution is 5.78. The molecule has 1 saturated heterocycles. The Bertz CT molecular complexity index is 652. The zero-order valence-corrected chi connectivity index (χ0v) is 12.7. The highest BCUT2D eigenvalue weighted by Crippen LogP contribution is 2.19. The largest absolute Gasteiger partial charge is 0.366 e. The minimum atomic E-state index is -0.265. The van der Waals surface area contributed by atoms with Crippen LogP contribution in [0.1, 0.15) is 29.0 Å². The number of H-pyrrole nitrogens is 1. The fourth-order valence-electron chi connectivity index (χ4n) is 2.43. The van der Waals surface area contributed by atoms with Gasteiger partial charge in [0.2, 0.25) is 5.91 Å². The Balaban J connectivity index is 1.63. The Morgan fingerprint density at radius 1 is 1.45 bits per heavy atom. The molecule has 1 aliphatic heterocycles. The molecule has 1 atom stereocenters. The smallest absolute Gasteiger partial charge is 0.227 e. The van der Waals surface area contributed by atoms with Gasteiger partial charge in [0, 0.05) is 18.4 Å². The summed E-state index contributed by atoms with van der Waals surface area (Å²) in [6, 6.07) is 3.86. The number of aromatic nitrogens is 4. The number of amides is 1. The molecule has 1 aliphatic rings. The van der Waals surface area contributed by atoms with Crippen LogP contribution < -0.4 is 0 Å². The van der Waals surface area contributed by atoms with Crippen molar-refractivity contribution < 1.29 is 9.53 Å². The van der Waals surface area contributed by atoms with Crippen LogP contribution in [-0.4, -0.2) is 50.7 Å². The van der Waals surface area contributed by atoms with E-state index in [1.807, 2.05) is 26.0 Å². The highest BCUT2D eigenvalue weighted by Gasteiger charge is 2.27. The molecule has 0 unspecified atom stereocenters. The van der Waals surface area contributed by atoms with Gasteiger partial charge < -0.3 is 9.64 Å². The highest BCUT2D eigenvalue weighted by atomic mass is 16.5. The molecule has 1 N–H and O–H groups in total. The van der Waals surface area contributed by atoms with Crippen LogP contribution in [0.5, 0.6) is 0 Å². The SMILES string of the molecule is Cc1ccc(CC(=O)N2CCO[C@@H](c3n[nH]c(C)n3)C2)cn1. The molecule has 1 fully saturated rings. The minimum Gasteiger partial charge on any atom is -0.366 e. The fraction of sp³-hybridized carbons (Fsp3) is 0.467. The van der Waals surface area contributed by atoms with E-state index in [4.69, 9.17) is 4.74 Å². The monoisotopic (exact) mass is 301 g/mol. The summed E-state index contributed by atoms with van der Waals surface area (Å²) in [4.78, 5) is 22.7. The van der Waals surface area contributed by atoms with Crippen molar-refractivity contribution in [1.82, 2.24) is 25.1 Å². The molecule has 0 saturated carbocycles. The van der Waals surface area contributed by atoms with Crippen LogP contribution >= 0.6 is 0 Å². The maximum atomic E-state index is 12.4. The lowest BCUT2D eigenvalue weighted by Gasteiger charge is -2.31. The van der Waals surface area contributed by atoms with E-state index in [0.717, 1.165) is 17.1 Å². The summed E-state index contributed by atoms with van der Waals surface area (Å²) >= 11 is 0. The lowest BCUT2D eigenvalue weighted by molar-refractivity contribution is -0.138. The van der Waals surface area contributed by atoms with Crippen LogP contribution in [0.4, 0.5) is 0 Å². The third-order valence-electron chi connectivity index (χ3n) is 3.65. The van der Waals surface area contributed by atoms with Gasteiger partial charge >= 0.3 is 0 Å². The molecule has 116 valence electrons. The molecule has 0 aromatic carbocycles. The second kappa shape index (κ2) is 6.23. The van der Waals surface area contributed by atoms with Gasteiger partial charge in [0.05, 0.1) is 19.6 Å². The van der Waals surface area contributed by atoms with Gasteiger partial charge in [0.25, 0.3) is 0 Å². The van der Waals surface area contributed by atoms with Crippen LogP contribution in [0, 0.1) is 13.8 Å². The van der Waals surface area contributed by atoms with E-state index in [0.29, 0.717) is 31.9 Å². The Labute approximate surface area is 128 Å². The number of pyridine rings is 1. The Hall–Kier alpha value is -2.28. The number of aromatic amines is 1. The number of morpholine rings is 1. The molecule has 0 radical (unpaired) electrons. The quantitative estimate of drug-likeness (QED) is 0.913. The molecule has 1 amide bonds. The fourth-order valence-corrected chi connectivity index (χ4v) is 2.43. The third kappa shape index (κ3) is 3.30. The van der Waals surface area contributed by atoms with Crippen molar-refractivity contribution >= 4 is 5.91 Å². The predicted octanol–water partition coefficient (Wildman–Crippen LogP) is 0.959. The average Bonchev–Trinajstić information content (AvgIpc) is 2.96. The van der Waals surface area contributed by atoms with E-state index in [1.54, 1.807) is 11.1 Å². The van der Waals surface area contributed by atoms with Crippen molar-refractivity contribution in [3.05, 3.63) is 41.2 Å². The van der Waals surface area contributed by atoms with E-state index in [9.17, 15) is 4.79 Å². The standard InChI is InChI=1S/C15H19N5O2/c1-10-3-4-12(8-16-10)7-14(21)20-5-6-22-13(9-20)15-17-11(2)18-19-15/h3-4,8,13H,5-7,9H2,1-2H3,(H,17,18,19)/t13-/m1/s1. The van der Waals surface area contributed by atoms with Gasteiger partial charge in [-0.3, -0.25) is 14.9 Å². The van der Waals surface area contributed by atoms with Crippen LogP contribution in [0.3, 0.4) is 0 Å². The molecule has 3 rings (SSSR count). The van der Waals surface area contributed by atoms with Gasteiger partial charge in [0.1, 0.15) is 11.9 Å². The first-order chi connectivity index (χ1) is 10.6.